The number of nitrogens with one attached hydrogen (secondary N) is 1. The highest BCUT2D eigenvalue weighted by molar-refractivity contribution is 5.90. The monoisotopic (exact) mass is 354 g/mol. The molecule has 2 rings (SSSR count). The lowest BCUT2D eigenvalue weighted by atomic mass is 10.1. The molecule has 6 nitrogen and oxygen atoms in total. The topological polar surface area (TPSA) is 77.0 Å². The molecule has 0 aliphatic rings. The average Bonchev–Trinajstić information content (AvgIpc) is 2.69. The van der Waals surface area contributed by atoms with E-state index >= 15 is 0 Å². The molecule has 0 saturated heterocycles. The number of amides is 1. The van der Waals surface area contributed by atoms with E-state index in [1.807, 2.05) is 18.2 Å². The molecule has 0 aliphatic carbocycles. The standard InChI is InChI=1S/C20H22N2O4/c1-25-20(24)18-11-9-17(10-12-18)14-22-26-15-19(23)21-13-5-8-16-6-3-2-4-7-16/h2-4,6-7,9-12,14H,5,8,13,15H2,1H3,(H,21,23). The highest BCUT2D eigenvalue weighted by Crippen LogP contribution is 2.04. The molecule has 1 N–H and O–H groups in total. The van der Waals surface area contributed by atoms with E-state index in [-0.39, 0.29) is 12.5 Å². The van der Waals surface area contributed by atoms with E-state index in [0.717, 1.165) is 18.4 Å². The van der Waals surface area contributed by atoms with Crippen molar-refractivity contribution in [3.05, 3.63) is 71.3 Å². The van der Waals surface area contributed by atoms with E-state index in [0.29, 0.717) is 12.1 Å². The quantitative estimate of drug-likeness (QED) is 0.325. The van der Waals surface area contributed by atoms with Crippen molar-refractivity contribution in [3.63, 3.8) is 0 Å². The number of carbonyl (C=O) groups is 2. The minimum atomic E-state index is -0.395. The van der Waals surface area contributed by atoms with Crippen LogP contribution in [0.25, 0.3) is 0 Å². The Morgan fingerprint density at radius 1 is 1.08 bits per heavy atom. The minimum Gasteiger partial charge on any atom is -0.465 e. The number of ether oxygens (including phenoxy) is 1. The first-order valence-electron chi connectivity index (χ1n) is 8.33. The van der Waals surface area contributed by atoms with Crippen LogP contribution in [0.15, 0.2) is 59.8 Å². The summed E-state index contributed by atoms with van der Waals surface area (Å²) in [5, 5.41) is 6.54. The van der Waals surface area contributed by atoms with Crippen molar-refractivity contribution in [2.45, 2.75) is 12.8 Å². The number of esters is 1. The van der Waals surface area contributed by atoms with E-state index in [4.69, 9.17) is 4.84 Å². The Morgan fingerprint density at radius 2 is 1.81 bits per heavy atom. The van der Waals surface area contributed by atoms with Crippen LogP contribution in [0.2, 0.25) is 0 Å². The van der Waals surface area contributed by atoms with Gasteiger partial charge in [0.2, 0.25) is 0 Å². The number of carbonyl (C=O) groups excluding carboxylic acids is 2. The molecule has 2 aromatic rings. The number of rotatable bonds is 9. The van der Waals surface area contributed by atoms with Crippen LogP contribution in [-0.2, 0) is 20.8 Å². The van der Waals surface area contributed by atoms with Gasteiger partial charge >= 0.3 is 5.97 Å². The third kappa shape index (κ3) is 6.76. The predicted molar refractivity (Wildman–Crippen MR) is 99.1 cm³/mol. The first-order valence-corrected chi connectivity index (χ1v) is 8.33. The number of methoxy groups -OCH3 is 1. The van der Waals surface area contributed by atoms with Crippen molar-refractivity contribution in [1.29, 1.82) is 0 Å². The number of oxime groups is 1. The predicted octanol–water partition coefficient (Wildman–Crippen LogP) is 2.57. The lowest BCUT2D eigenvalue weighted by Crippen LogP contribution is -2.28. The Bertz CT molecular complexity index is 727. The molecule has 0 fully saturated rings. The Hall–Kier alpha value is -3.15. The van der Waals surface area contributed by atoms with Gasteiger partial charge in [-0.05, 0) is 36.1 Å². The Kier molecular flexibility index (Phi) is 7.86. The fourth-order valence-electron chi connectivity index (χ4n) is 2.23. The molecule has 0 heterocycles. The molecule has 0 aromatic heterocycles. The summed E-state index contributed by atoms with van der Waals surface area (Å²) >= 11 is 0. The first-order chi connectivity index (χ1) is 12.7. The van der Waals surface area contributed by atoms with E-state index < -0.39 is 5.97 Å². The van der Waals surface area contributed by atoms with Crippen LogP contribution in [0.1, 0.15) is 27.9 Å². The summed E-state index contributed by atoms with van der Waals surface area (Å²) in [6, 6.07) is 16.8. The number of hydrogen-bond acceptors (Lipinski definition) is 5. The number of aryl methyl sites for hydroxylation is 1. The summed E-state index contributed by atoms with van der Waals surface area (Å²) in [7, 11) is 1.33. The number of benzene rings is 2. The van der Waals surface area contributed by atoms with E-state index in [1.165, 1.54) is 18.9 Å². The van der Waals surface area contributed by atoms with Gasteiger partial charge in [-0.3, -0.25) is 4.79 Å². The zero-order valence-electron chi connectivity index (χ0n) is 14.7. The second-order valence-corrected chi connectivity index (χ2v) is 5.56. The molecule has 26 heavy (non-hydrogen) atoms. The van der Waals surface area contributed by atoms with Gasteiger partial charge in [-0.1, -0.05) is 47.6 Å². The fourth-order valence-corrected chi connectivity index (χ4v) is 2.23. The molecule has 0 bridgehead atoms. The summed E-state index contributed by atoms with van der Waals surface area (Å²) in [5.74, 6) is -0.607. The van der Waals surface area contributed by atoms with E-state index in [9.17, 15) is 9.59 Å². The molecule has 6 heteroatoms. The summed E-state index contributed by atoms with van der Waals surface area (Å²) in [5.41, 5.74) is 2.46. The molecule has 0 saturated carbocycles. The number of hydrogen-bond donors (Lipinski definition) is 1. The van der Waals surface area contributed by atoms with Crippen molar-refractivity contribution in [2.24, 2.45) is 5.16 Å². The summed E-state index contributed by atoms with van der Waals surface area (Å²) in [6.45, 7) is 0.456. The third-order valence-electron chi connectivity index (χ3n) is 3.61. The molecule has 0 radical (unpaired) electrons. The fraction of sp³-hybridized carbons (Fsp3) is 0.250. The second kappa shape index (κ2) is 10.7. The maximum Gasteiger partial charge on any atom is 0.337 e. The van der Waals surface area contributed by atoms with Crippen molar-refractivity contribution in [2.75, 3.05) is 20.3 Å². The zero-order chi connectivity index (χ0) is 18.6. The molecule has 0 spiro atoms. The highest BCUT2D eigenvalue weighted by Gasteiger charge is 2.03. The van der Waals surface area contributed by atoms with Gasteiger partial charge in [0.1, 0.15) is 0 Å². The lowest BCUT2D eigenvalue weighted by Gasteiger charge is -2.04. The van der Waals surface area contributed by atoms with Gasteiger partial charge in [0.15, 0.2) is 6.61 Å². The highest BCUT2D eigenvalue weighted by atomic mass is 16.6. The molecule has 2 aromatic carbocycles. The Morgan fingerprint density at radius 3 is 2.50 bits per heavy atom. The van der Waals surface area contributed by atoms with Gasteiger partial charge in [0.05, 0.1) is 18.9 Å². The molecular weight excluding hydrogens is 332 g/mol. The summed E-state index contributed by atoms with van der Waals surface area (Å²) in [4.78, 5) is 28.0. The van der Waals surface area contributed by atoms with Crippen LogP contribution in [0.4, 0.5) is 0 Å². The van der Waals surface area contributed by atoms with E-state index in [2.05, 4.69) is 27.3 Å². The minimum absolute atomic E-state index is 0.137. The maximum atomic E-state index is 11.7. The Labute approximate surface area is 152 Å². The van der Waals surface area contributed by atoms with Gasteiger partial charge in [-0.15, -0.1) is 0 Å². The van der Waals surface area contributed by atoms with Crippen molar-refractivity contribution < 1.29 is 19.2 Å². The number of nitrogens with zero attached hydrogens (tertiary/aromatic N) is 1. The van der Waals surface area contributed by atoms with Crippen molar-refractivity contribution in [1.82, 2.24) is 5.32 Å². The van der Waals surface area contributed by atoms with Crippen molar-refractivity contribution >= 4 is 18.1 Å². The summed E-state index contributed by atoms with van der Waals surface area (Å²) in [6.07, 6.45) is 3.26. The van der Waals surface area contributed by atoms with Crippen LogP contribution in [0.3, 0.4) is 0 Å². The molecule has 0 atom stereocenters. The van der Waals surface area contributed by atoms with Gasteiger partial charge in [0.25, 0.3) is 5.91 Å². The van der Waals surface area contributed by atoms with Gasteiger partial charge in [-0.25, -0.2) is 4.79 Å². The molecular formula is C20H22N2O4. The van der Waals surface area contributed by atoms with Crippen LogP contribution >= 0.6 is 0 Å². The summed E-state index contributed by atoms with van der Waals surface area (Å²) < 4.78 is 4.62. The third-order valence-corrected chi connectivity index (χ3v) is 3.61. The SMILES string of the molecule is COC(=O)c1ccc(C=NOCC(=O)NCCCc2ccccc2)cc1. The van der Waals surface area contributed by atoms with Crippen molar-refractivity contribution in [3.8, 4) is 0 Å². The van der Waals surface area contributed by atoms with Crippen LogP contribution in [-0.4, -0.2) is 38.4 Å². The molecule has 0 aliphatic heterocycles. The Balaban J connectivity index is 1.61. The van der Waals surface area contributed by atoms with Crippen LogP contribution in [0.5, 0.6) is 0 Å². The first kappa shape index (κ1) is 19.2. The maximum absolute atomic E-state index is 11.7. The van der Waals surface area contributed by atoms with Gasteiger partial charge in [-0.2, -0.15) is 0 Å². The van der Waals surface area contributed by atoms with Gasteiger partial charge in [0, 0.05) is 6.54 Å². The molecule has 1 amide bonds. The van der Waals surface area contributed by atoms with Crippen LogP contribution in [0, 0.1) is 0 Å². The lowest BCUT2D eigenvalue weighted by molar-refractivity contribution is -0.125. The molecule has 136 valence electrons. The average molecular weight is 354 g/mol. The largest absolute Gasteiger partial charge is 0.465 e. The normalized spacial score (nSPS) is 10.5. The zero-order valence-corrected chi connectivity index (χ0v) is 14.7. The van der Waals surface area contributed by atoms with Gasteiger partial charge < -0.3 is 14.9 Å². The van der Waals surface area contributed by atoms with E-state index in [1.54, 1.807) is 24.3 Å². The smallest absolute Gasteiger partial charge is 0.337 e. The second-order valence-electron chi connectivity index (χ2n) is 5.56. The van der Waals surface area contributed by atoms with Crippen LogP contribution < -0.4 is 5.32 Å². The molecule has 0 unspecified atom stereocenters.